The van der Waals surface area contributed by atoms with Crippen molar-refractivity contribution in [2.24, 2.45) is 0 Å². The molecule has 0 bridgehead atoms. The van der Waals surface area contributed by atoms with Gasteiger partial charge in [-0.25, -0.2) is 9.37 Å². The van der Waals surface area contributed by atoms with E-state index in [1.54, 1.807) is 41.0 Å². The number of nitrogens with zero attached hydrogens (tertiary/aromatic N) is 3. The monoisotopic (exact) mass is 363 g/mol. The lowest BCUT2D eigenvalue weighted by Gasteiger charge is -2.30. The van der Waals surface area contributed by atoms with Crippen molar-refractivity contribution < 1.29 is 9.50 Å². The first kappa shape index (κ1) is 17.6. The number of hydrogen-bond donors (Lipinski definition) is 3. The largest absolute Gasteiger partial charge is 0.391 e. The molecule has 3 aromatic rings. The third-order valence-corrected chi connectivity index (χ3v) is 4.29. The summed E-state index contributed by atoms with van der Waals surface area (Å²) in [5.41, 5.74) is 1.59. The van der Waals surface area contributed by atoms with Crippen LogP contribution < -0.4 is 10.6 Å². The van der Waals surface area contributed by atoms with E-state index >= 15 is 0 Å². The molecule has 25 heavy (non-hydrogen) atoms. The SMILES string of the molecule is Cl.O[C@@H]1CCNC[C@H]1Nc1cc(-c2ccccc2F)nc2ccnn12. The van der Waals surface area contributed by atoms with Gasteiger partial charge in [0.15, 0.2) is 5.65 Å². The second-order valence-electron chi connectivity index (χ2n) is 5.92. The zero-order valence-corrected chi connectivity index (χ0v) is 14.2. The summed E-state index contributed by atoms with van der Waals surface area (Å²) in [6, 6.07) is 9.94. The molecule has 0 radical (unpaired) electrons. The molecule has 0 unspecified atom stereocenters. The molecule has 4 rings (SSSR count). The summed E-state index contributed by atoms with van der Waals surface area (Å²) in [6.45, 7) is 1.45. The number of benzene rings is 1. The molecular weight excluding hydrogens is 345 g/mol. The molecule has 1 aliphatic heterocycles. The number of fused-ring (bicyclic) bond motifs is 1. The van der Waals surface area contributed by atoms with Crippen LogP contribution in [0.3, 0.4) is 0 Å². The number of nitrogens with one attached hydrogen (secondary N) is 2. The smallest absolute Gasteiger partial charge is 0.157 e. The average molecular weight is 364 g/mol. The molecule has 132 valence electrons. The highest BCUT2D eigenvalue weighted by molar-refractivity contribution is 5.85. The lowest BCUT2D eigenvalue weighted by Crippen LogP contribution is -2.48. The Morgan fingerprint density at radius 2 is 2.12 bits per heavy atom. The minimum atomic E-state index is -0.443. The molecule has 1 aromatic carbocycles. The standard InChI is InChI=1S/C17H18FN5O.ClH/c18-12-4-2-1-3-11(12)13-9-17(23-16(21-13)6-8-20-23)22-14-10-19-7-5-15(14)24;/h1-4,6,8-9,14-15,19,22,24H,5,7,10H2;1H/t14-,15-;/m1./s1. The fourth-order valence-electron chi connectivity index (χ4n) is 3.00. The quantitative estimate of drug-likeness (QED) is 0.664. The van der Waals surface area contributed by atoms with E-state index in [9.17, 15) is 9.50 Å². The average Bonchev–Trinajstić information content (AvgIpc) is 3.06. The zero-order chi connectivity index (χ0) is 16.5. The first-order valence-electron chi connectivity index (χ1n) is 7.97. The van der Waals surface area contributed by atoms with Crippen LogP contribution in [0, 0.1) is 5.82 Å². The van der Waals surface area contributed by atoms with Crippen LogP contribution in [0.15, 0.2) is 42.6 Å². The van der Waals surface area contributed by atoms with Gasteiger partial charge in [0.05, 0.1) is 24.0 Å². The number of aliphatic hydroxyl groups excluding tert-OH is 1. The van der Waals surface area contributed by atoms with E-state index in [0.29, 0.717) is 35.7 Å². The molecule has 2 atom stereocenters. The topological polar surface area (TPSA) is 74.5 Å². The Morgan fingerprint density at radius 3 is 2.92 bits per heavy atom. The molecule has 0 spiro atoms. The van der Waals surface area contributed by atoms with Crippen molar-refractivity contribution in [3.63, 3.8) is 0 Å². The van der Waals surface area contributed by atoms with Crippen molar-refractivity contribution in [2.75, 3.05) is 18.4 Å². The minimum absolute atomic E-state index is 0. The Kier molecular flexibility index (Phi) is 5.17. The van der Waals surface area contributed by atoms with Gasteiger partial charge in [-0.2, -0.15) is 9.61 Å². The highest BCUT2D eigenvalue weighted by Crippen LogP contribution is 2.25. The van der Waals surface area contributed by atoms with Gasteiger partial charge < -0.3 is 15.7 Å². The number of aliphatic hydroxyl groups is 1. The van der Waals surface area contributed by atoms with E-state index in [4.69, 9.17) is 0 Å². The first-order chi connectivity index (χ1) is 11.7. The van der Waals surface area contributed by atoms with Gasteiger partial charge in [0.1, 0.15) is 11.6 Å². The molecule has 3 N–H and O–H groups in total. The summed E-state index contributed by atoms with van der Waals surface area (Å²) in [5.74, 6) is 0.357. The second kappa shape index (κ2) is 7.35. The predicted molar refractivity (Wildman–Crippen MR) is 96.5 cm³/mol. The van der Waals surface area contributed by atoms with Gasteiger partial charge in [0, 0.05) is 24.2 Å². The molecule has 3 heterocycles. The van der Waals surface area contributed by atoms with Crippen LogP contribution in [0.5, 0.6) is 0 Å². The number of piperidine rings is 1. The van der Waals surface area contributed by atoms with E-state index in [1.165, 1.54) is 6.07 Å². The Labute approximate surface area is 150 Å². The van der Waals surface area contributed by atoms with Crippen LogP contribution in [0.2, 0.25) is 0 Å². The molecule has 1 fully saturated rings. The van der Waals surface area contributed by atoms with Crippen molar-refractivity contribution in [1.82, 2.24) is 19.9 Å². The van der Waals surface area contributed by atoms with Gasteiger partial charge in [-0.1, -0.05) is 12.1 Å². The van der Waals surface area contributed by atoms with Gasteiger partial charge >= 0.3 is 0 Å². The zero-order valence-electron chi connectivity index (χ0n) is 13.4. The summed E-state index contributed by atoms with van der Waals surface area (Å²) < 4.78 is 15.8. The maximum absolute atomic E-state index is 14.1. The van der Waals surface area contributed by atoms with E-state index in [-0.39, 0.29) is 24.3 Å². The lowest BCUT2D eigenvalue weighted by molar-refractivity contribution is 0.124. The Hall–Kier alpha value is -2.22. The molecule has 1 aliphatic rings. The fourth-order valence-corrected chi connectivity index (χ4v) is 3.00. The normalized spacial score (nSPS) is 20.2. The Bertz CT molecular complexity index is 871. The Morgan fingerprint density at radius 1 is 1.28 bits per heavy atom. The van der Waals surface area contributed by atoms with Crippen LogP contribution in [0.25, 0.3) is 16.9 Å². The maximum atomic E-state index is 14.1. The molecule has 0 amide bonds. The van der Waals surface area contributed by atoms with E-state index in [0.717, 1.165) is 6.54 Å². The highest BCUT2D eigenvalue weighted by Gasteiger charge is 2.24. The van der Waals surface area contributed by atoms with Gasteiger partial charge in [0.25, 0.3) is 0 Å². The van der Waals surface area contributed by atoms with Gasteiger partial charge in [0.2, 0.25) is 0 Å². The van der Waals surface area contributed by atoms with Gasteiger partial charge in [-0.3, -0.25) is 0 Å². The van der Waals surface area contributed by atoms with Gasteiger partial charge in [-0.05, 0) is 25.1 Å². The van der Waals surface area contributed by atoms with E-state index in [1.807, 2.05) is 0 Å². The van der Waals surface area contributed by atoms with Crippen LogP contribution in [0.4, 0.5) is 10.2 Å². The molecule has 1 saturated heterocycles. The summed E-state index contributed by atoms with van der Waals surface area (Å²) in [7, 11) is 0. The highest BCUT2D eigenvalue weighted by atomic mass is 35.5. The van der Waals surface area contributed by atoms with Crippen molar-refractivity contribution in [3.8, 4) is 11.3 Å². The van der Waals surface area contributed by atoms with E-state index < -0.39 is 6.10 Å². The maximum Gasteiger partial charge on any atom is 0.157 e. The second-order valence-corrected chi connectivity index (χ2v) is 5.92. The molecule has 0 saturated carbocycles. The third kappa shape index (κ3) is 3.44. The van der Waals surface area contributed by atoms with Crippen LogP contribution in [-0.2, 0) is 0 Å². The molecular formula is C17H19ClFN5O. The van der Waals surface area contributed by atoms with Crippen molar-refractivity contribution in [2.45, 2.75) is 18.6 Å². The Balaban J connectivity index is 0.00000182. The van der Waals surface area contributed by atoms with E-state index in [2.05, 4.69) is 20.7 Å². The summed E-state index contributed by atoms with van der Waals surface area (Å²) >= 11 is 0. The molecule has 8 heteroatoms. The summed E-state index contributed by atoms with van der Waals surface area (Å²) in [5, 5.41) is 21.0. The third-order valence-electron chi connectivity index (χ3n) is 4.29. The van der Waals surface area contributed by atoms with Crippen molar-refractivity contribution in [1.29, 1.82) is 0 Å². The van der Waals surface area contributed by atoms with Crippen LogP contribution in [-0.4, -0.2) is 44.9 Å². The summed E-state index contributed by atoms with van der Waals surface area (Å²) in [6.07, 6.45) is 1.89. The molecule has 2 aromatic heterocycles. The lowest BCUT2D eigenvalue weighted by atomic mass is 10.0. The first-order valence-corrected chi connectivity index (χ1v) is 7.97. The van der Waals surface area contributed by atoms with Crippen LogP contribution in [0.1, 0.15) is 6.42 Å². The minimum Gasteiger partial charge on any atom is -0.391 e. The number of aromatic nitrogens is 3. The van der Waals surface area contributed by atoms with Crippen LogP contribution >= 0.6 is 12.4 Å². The number of hydrogen-bond acceptors (Lipinski definition) is 5. The fraction of sp³-hybridized carbons (Fsp3) is 0.294. The van der Waals surface area contributed by atoms with Gasteiger partial charge in [-0.15, -0.1) is 12.4 Å². The number of halogens is 2. The number of anilines is 1. The van der Waals surface area contributed by atoms with Crippen molar-refractivity contribution in [3.05, 3.63) is 48.4 Å². The number of rotatable bonds is 3. The van der Waals surface area contributed by atoms with Crippen molar-refractivity contribution >= 4 is 23.9 Å². The molecule has 6 nitrogen and oxygen atoms in total. The predicted octanol–water partition coefficient (Wildman–Crippen LogP) is 2.09. The molecule has 0 aliphatic carbocycles. The summed E-state index contributed by atoms with van der Waals surface area (Å²) in [4.78, 5) is 4.48.